The van der Waals surface area contributed by atoms with E-state index in [9.17, 15) is 24.0 Å². The van der Waals surface area contributed by atoms with Crippen LogP contribution < -0.4 is 5.32 Å². The van der Waals surface area contributed by atoms with Crippen LogP contribution in [0.5, 0.6) is 0 Å². The van der Waals surface area contributed by atoms with Gasteiger partial charge in [-0.2, -0.15) is 0 Å². The molecule has 34 heavy (non-hydrogen) atoms. The SMILES string of the molecule is CC(=O)C(Cc1ccccc1)NC(=O)COC(=O)c1cccc2c1C(=O)c1ccccc1C2=O. The lowest BCUT2D eigenvalue weighted by Gasteiger charge is -2.19. The Bertz CT molecular complexity index is 1310. The Balaban J connectivity index is 1.47. The molecule has 0 aromatic heterocycles. The van der Waals surface area contributed by atoms with Gasteiger partial charge in [-0.05, 0) is 25.0 Å². The van der Waals surface area contributed by atoms with Gasteiger partial charge in [0.05, 0.1) is 11.6 Å². The van der Waals surface area contributed by atoms with E-state index in [0.717, 1.165) is 5.56 Å². The lowest BCUT2D eigenvalue weighted by atomic mass is 9.82. The Kier molecular flexibility index (Phi) is 6.45. The number of benzene rings is 3. The number of rotatable bonds is 7. The number of esters is 1. The molecule has 0 heterocycles. The normalized spacial score (nSPS) is 12.9. The van der Waals surface area contributed by atoms with E-state index in [1.807, 2.05) is 30.3 Å². The fourth-order valence-corrected chi connectivity index (χ4v) is 3.91. The number of carbonyl (C=O) groups excluding carboxylic acids is 5. The lowest BCUT2D eigenvalue weighted by molar-refractivity contribution is -0.128. The van der Waals surface area contributed by atoms with E-state index >= 15 is 0 Å². The Morgan fingerprint density at radius 3 is 2.09 bits per heavy atom. The minimum absolute atomic E-state index is 0.0395. The zero-order valence-electron chi connectivity index (χ0n) is 18.4. The van der Waals surface area contributed by atoms with Gasteiger partial charge in [0.15, 0.2) is 24.0 Å². The molecule has 3 aromatic rings. The second-order valence-electron chi connectivity index (χ2n) is 7.93. The molecule has 3 aromatic carbocycles. The molecule has 4 rings (SSSR count). The first-order valence-corrected chi connectivity index (χ1v) is 10.7. The highest BCUT2D eigenvalue weighted by atomic mass is 16.5. The molecule has 1 aliphatic rings. The summed E-state index contributed by atoms with van der Waals surface area (Å²) in [6.07, 6.45) is 0.304. The monoisotopic (exact) mass is 455 g/mol. The molecule has 0 radical (unpaired) electrons. The van der Waals surface area contributed by atoms with Gasteiger partial charge in [0.1, 0.15) is 0 Å². The second kappa shape index (κ2) is 9.62. The number of carbonyl (C=O) groups is 5. The van der Waals surface area contributed by atoms with Crippen LogP contribution in [0.4, 0.5) is 0 Å². The summed E-state index contributed by atoms with van der Waals surface area (Å²) in [6.45, 7) is 0.733. The standard InChI is InChI=1S/C27H21NO6/c1-16(29)22(14-17-8-3-2-4-9-17)28-23(30)15-34-27(33)21-13-7-12-20-24(21)26(32)19-11-6-5-10-18(19)25(20)31/h2-13,22H,14-15H2,1H3,(H,28,30). The van der Waals surface area contributed by atoms with Gasteiger partial charge in [0.25, 0.3) is 5.91 Å². The Morgan fingerprint density at radius 1 is 0.794 bits per heavy atom. The Morgan fingerprint density at radius 2 is 1.41 bits per heavy atom. The highest BCUT2D eigenvalue weighted by Gasteiger charge is 2.33. The van der Waals surface area contributed by atoms with Crippen LogP contribution in [0.25, 0.3) is 0 Å². The first-order chi connectivity index (χ1) is 16.4. The minimum Gasteiger partial charge on any atom is -0.452 e. The van der Waals surface area contributed by atoms with Crippen molar-refractivity contribution in [2.75, 3.05) is 6.61 Å². The molecule has 7 nitrogen and oxygen atoms in total. The smallest absolute Gasteiger partial charge is 0.339 e. The number of ketones is 3. The molecule has 7 heteroatoms. The fourth-order valence-electron chi connectivity index (χ4n) is 3.91. The Labute approximate surface area is 195 Å². The number of nitrogens with one attached hydrogen (secondary N) is 1. The molecule has 1 amide bonds. The predicted octanol–water partition coefficient (Wildman–Crippen LogP) is 2.94. The summed E-state index contributed by atoms with van der Waals surface area (Å²) >= 11 is 0. The van der Waals surface area contributed by atoms with Crippen LogP contribution in [0.3, 0.4) is 0 Å². The molecule has 0 aliphatic heterocycles. The van der Waals surface area contributed by atoms with Gasteiger partial charge in [0.2, 0.25) is 0 Å². The molecule has 0 fully saturated rings. The van der Waals surface area contributed by atoms with Crippen LogP contribution in [0.2, 0.25) is 0 Å². The molecule has 0 saturated carbocycles. The van der Waals surface area contributed by atoms with Crippen molar-refractivity contribution in [3.05, 3.63) is 106 Å². The van der Waals surface area contributed by atoms with E-state index in [0.29, 0.717) is 6.42 Å². The summed E-state index contributed by atoms with van der Waals surface area (Å²) in [4.78, 5) is 63.0. The molecular weight excluding hydrogens is 434 g/mol. The van der Waals surface area contributed by atoms with E-state index in [4.69, 9.17) is 4.74 Å². The summed E-state index contributed by atoms with van der Waals surface area (Å²) in [6, 6.07) is 19.2. The van der Waals surface area contributed by atoms with E-state index in [1.54, 1.807) is 18.2 Å². The van der Waals surface area contributed by atoms with Gasteiger partial charge in [-0.25, -0.2) is 4.79 Å². The molecule has 0 saturated heterocycles. The molecular formula is C27H21NO6. The summed E-state index contributed by atoms with van der Waals surface area (Å²) in [5.74, 6) is -2.61. The molecule has 0 bridgehead atoms. The van der Waals surface area contributed by atoms with Gasteiger partial charge in [-0.15, -0.1) is 0 Å². The van der Waals surface area contributed by atoms with Crippen LogP contribution in [-0.2, 0) is 20.7 Å². The highest BCUT2D eigenvalue weighted by molar-refractivity contribution is 6.30. The van der Waals surface area contributed by atoms with Crippen molar-refractivity contribution in [2.24, 2.45) is 0 Å². The maximum absolute atomic E-state index is 13.0. The van der Waals surface area contributed by atoms with Crippen molar-refractivity contribution < 1.29 is 28.7 Å². The average molecular weight is 455 g/mol. The number of amides is 1. The van der Waals surface area contributed by atoms with Crippen molar-refractivity contribution in [2.45, 2.75) is 19.4 Å². The van der Waals surface area contributed by atoms with Gasteiger partial charge < -0.3 is 10.1 Å². The zero-order valence-corrected chi connectivity index (χ0v) is 18.4. The number of hydrogen-bond donors (Lipinski definition) is 1. The topological polar surface area (TPSA) is 107 Å². The van der Waals surface area contributed by atoms with Crippen LogP contribution >= 0.6 is 0 Å². The molecule has 1 N–H and O–H groups in total. The van der Waals surface area contributed by atoms with Crippen molar-refractivity contribution in [1.82, 2.24) is 5.32 Å². The first-order valence-electron chi connectivity index (χ1n) is 10.7. The second-order valence-corrected chi connectivity index (χ2v) is 7.93. The van der Waals surface area contributed by atoms with Gasteiger partial charge in [-0.3, -0.25) is 19.2 Å². The van der Waals surface area contributed by atoms with Crippen LogP contribution in [0.15, 0.2) is 72.8 Å². The van der Waals surface area contributed by atoms with Gasteiger partial charge >= 0.3 is 5.97 Å². The molecule has 1 unspecified atom stereocenters. The van der Waals surface area contributed by atoms with Crippen LogP contribution in [0, 0.1) is 0 Å². The Hall–Kier alpha value is -4.39. The molecule has 0 spiro atoms. The van der Waals surface area contributed by atoms with E-state index in [-0.39, 0.29) is 39.4 Å². The summed E-state index contributed by atoms with van der Waals surface area (Å²) in [5, 5.41) is 2.58. The third kappa shape index (κ3) is 4.54. The third-order valence-corrected chi connectivity index (χ3v) is 5.62. The van der Waals surface area contributed by atoms with E-state index < -0.39 is 30.3 Å². The molecule has 1 aliphatic carbocycles. The van der Waals surface area contributed by atoms with Crippen molar-refractivity contribution >= 4 is 29.2 Å². The number of hydrogen-bond acceptors (Lipinski definition) is 6. The molecule has 1 atom stereocenters. The number of Topliss-reactive ketones (excluding diaryl/α,β-unsaturated/α-hetero) is 1. The highest BCUT2D eigenvalue weighted by Crippen LogP contribution is 2.29. The summed E-state index contributed by atoms with van der Waals surface area (Å²) in [5.41, 5.74) is 1.34. The van der Waals surface area contributed by atoms with Gasteiger partial charge in [0, 0.05) is 22.3 Å². The number of fused-ring (bicyclic) bond motifs is 2. The molecule has 170 valence electrons. The van der Waals surface area contributed by atoms with Crippen LogP contribution in [-0.4, -0.2) is 41.9 Å². The van der Waals surface area contributed by atoms with Crippen LogP contribution in [0.1, 0.15) is 54.7 Å². The zero-order chi connectivity index (χ0) is 24.2. The van der Waals surface area contributed by atoms with Crippen molar-refractivity contribution in [3.8, 4) is 0 Å². The number of ether oxygens (including phenoxy) is 1. The van der Waals surface area contributed by atoms with E-state index in [2.05, 4.69) is 5.32 Å². The predicted molar refractivity (Wildman–Crippen MR) is 123 cm³/mol. The summed E-state index contributed by atoms with van der Waals surface area (Å²) in [7, 11) is 0. The first kappa shape index (κ1) is 22.8. The van der Waals surface area contributed by atoms with E-state index in [1.165, 1.54) is 31.2 Å². The van der Waals surface area contributed by atoms with Gasteiger partial charge in [-0.1, -0.05) is 66.7 Å². The lowest BCUT2D eigenvalue weighted by Crippen LogP contribution is -2.43. The quantitative estimate of drug-likeness (QED) is 0.430. The largest absolute Gasteiger partial charge is 0.452 e. The van der Waals surface area contributed by atoms with Crippen molar-refractivity contribution in [3.63, 3.8) is 0 Å². The minimum atomic E-state index is -0.907. The van der Waals surface area contributed by atoms with Crippen molar-refractivity contribution in [1.29, 1.82) is 0 Å². The summed E-state index contributed by atoms with van der Waals surface area (Å²) < 4.78 is 5.13. The maximum atomic E-state index is 13.0. The average Bonchev–Trinajstić information content (AvgIpc) is 2.85. The third-order valence-electron chi connectivity index (χ3n) is 5.62. The maximum Gasteiger partial charge on any atom is 0.339 e. The fraction of sp³-hybridized carbons (Fsp3) is 0.148.